The topological polar surface area (TPSA) is 73.2 Å². The Balaban J connectivity index is 0.00000122. The zero-order valence-corrected chi connectivity index (χ0v) is 21.3. The van der Waals surface area contributed by atoms with Crippen molar-refractivity contribution in [3.63, 3.8) is 0 Å². The van der Waals surface area contributed by atoms with Crippen LogP contribution in [0.1, 0.15) is 37.6 Å². The van der Waals surface area contributed by atoms with E-state index in [1.807, 2.05) is 67.8 Å². The van der Waals surface area contributed by atoms with E-state index in [9.17, 15) is 9.59 Å². The van der Waals surface area contributed by atoms with E-state index in [2.05, 4.69) is 10.3 Å². The highest BCUT2D eigenvalue weighted by Gasteiger charge is 2.19. The lowest BCUT2D eigenvalue weighted by molar-refractivity contribution is -0.155. The fourth-order valence-corrected chi connectivity index (χ4v) is 3.90. The highest BCUT2D eigenvalue weighted by atomic mass is 35.5. The van der Waals surface area contributed by atoms with Crippen molar-refractivity contribution in [1.29, 1.82) is 0 Å². The summed E-state index contributed by atoms with van der Waals surface area (Å²) >= 11 is 11.1. The molecule has 1 N–H and O–H groups in total. The van der Waals surface area contributed by atoms with Crippen LogP contribution in [0.25, 0.3) is 11.0 Å². The second kappa shape index (κ2) is 13.5. The van der Waals surface area contributed by atoms with E-state index >= 15 is 0 Å². The summed E-state index contributed by atoms with van der Waals surface area (Å²) in [5.74, 6) is 0.410. The number of esters is 1. The summed E-state index contributed by atoms with van der Waals surface area (Å²) in [5, 5.41) is 3.90. The number of fused-ring (bicyclic) bond motifs is 1. The first kappa shape index (κ1) is 27.0. The fraction of sp³-hybridized carbons (Fsp3) is 0.375. The molecule has 0 aliphatic heterocycles. The van der Waals surface area contributed by atoms with Gasteiger partial charge in [-0.05, 0) is 51.5 Å². The highest BCUT2D eigenvalue weighted by Crippen LogP contribution is 2.25. The summed E-state index contributed by atoms with van der Waals surface area (Å²) < 4.78 is 7.38. The second-order valence-electron chi connectivity index (χ2n) is 7.98. The first-order valence-corrected chi connectivity index (χ1v) is 12.6. The third-order valence-electron chi connectivity index (χ3n) is 4.20. The third-order valence-corrected chi connectivity index (χ3v) is 5.26. The number of halogens is 2. The van der Waals surface area contributed by atoms with Gasteiger partial charge in [0.2, 0.25) is 0 Å². The summed E-state index contributed by atoms with van der Waals surface area (Å²) in [5.41, 5.74) is 1.88. The molecule has 2 aromatic carbocycles. The molecule has 0 aliphatic carbocycles. The Labute approximate surface area is 209 Å². The monoisotopic (exact) mass is 509 g/mol. The van der Waals surface area contributed by atoms with Crippen LogP contribution in [0.2, 0.25) is 0 Å². The first-order chi connectivity index (χ1) is 15.7. The minimum Gasteiger partial charge on any atom is -0.459 e. The number of benzene rings is 2. The van der Waals surface area contributed by atoms with Gasteiger partial charge in [0.1, 0.15) is 12.1 Å². The standard InChI is InChI=1S/C23H27N3O3S.CH2Cl2/c1-23(2,3)29-20(27)16-26-19-13-8-7-12-18(19)25-22(26)30-15-9-14-24-21(28)17-10-5-4-6-11-17;2-1-3/h4-8,10-13H,9,14-16H2,1-3H3,(H,24,28);1H2. The van der Waals surface area contributed by atoms with Gasteiger partial charge in [-0.2, -0.15) is 0 Å². The quantitative estimate of drug-likeness (QED) is 0.182. The summed E-state index contributed by atoms with van der Waals surface area (Å²) in [4.78, 5) is 29.2. The van der Waals surface area contributed by atoms with Crippen molar-refractivity contribution in [3.8, 4) is 0 Å². The van der Waals surface area contributed by atoms with Crippen molar-refractivity contribution >= 4 is 57.9 Å². The van der Waals surface area contributed by atoms with Crippen LogP contribution < -0.4 is 5.32 Å². The van der Waals surface area contributed by atoms with E-state index in [0.29, 0.717) is 12.1 Å². The summed E-state index contributed by atoms with van der Waals surface area (Å²) in [6.07, 6.45) is 0.791. The van der Waals surface area contributed by atoms with Crippen LogP contribution in [-0.4, -0.2) is 44.7 Å². The highest BCUT2D eigenvalue weighted by molar-refractivity contribution is 7.99. The first-order valence-electron chi connectivity index (χ1n) is 10.5. The lowest BCUT2D eigenvalue weighted by Crippen LogP contribution is -2.26. The Kier molecular flexibility index (Phi) is 11.0. The Hall–Kier alpha value is -2.22. The molecule has 1 amide bonds. The molecular formula is C24H29Cl2N3O3S. The number of amides is 1. The zero-order valence-electron chi connectivity index (χ0n) is 19.0. The molecule has 6 nitrogen and oxygen atoms in total. The molecule has 3 aromatic rings. The summed E-state index contributed by atoms with van der Waals surface area (Å²) in [6.45, 7) is 6.26. The lowest BCUT2D eigenvalue weighted by Gasteiger charge is -2.20. The molecule has 0 fully saturated rings. The van der Waals surface area contributed by atoms with Crippen molar-refractivity contribution < 1.29 is 14.3 Å². The molecule has 0 unspecified atom stereocenters. The van der Waals surface area contributed by atoms with Crippen LogP contribution in [0.15, 0.2) is 59.8 Å². The predicted octanol–water partition coefficient (Wildman–Crippen LogP) is 5.71. The van der Waals surface area contributed by atoms with Crippen molar-refractivity contribution in [3.05, 3.63) is 60.2 Å². The average Bonchev–Trinajstić information content (AvgIpc) is 3.10. The number of nitrogens with zero attached hydrogens (tertiary/aromatic N) is 2. The van der Waals surface area contributed by atoms with E-state index in [-0.39, 0.29) is 23.8 Å². The minimum absolute atomic E-state index is 0.0715. The maximum atomic E-state index is 12.4. The number of nitrogens with one attached hydrogen (secondary N) is 1. The van der Waals surface area contributed by atoms with Gasteiger partial charge in [0.25, 0.3) is 5.91 Å². The van der Waals surface area contributed by atoms with E-state index in [4.69, 9.17) is 27.9 Å². The Morgan fingerprint density at radius 1 is 1.06 bits per heavy atom. The molecular weight excluding hydrogens is 481 g/mol. The van der Waals surface area contributed by atoms with Crippen LogP contribution in [0.4, 0.5) is 0 Å². The van der Waals surface area contributed by atoms with E-state index in [1.165, 1.54) is 0 Å². The molecule has 33 heavy (non-hydrogen) atoms. The molecule has 178 valence electrons. The number of aromatic nitrogens is 2. The number of rotatable bonds is 8. The number of alkyl halides is 2. The van der Waals surface area contributed by atoms with Gasteiger partial charge in [0.15, 0.2) is 5.16 Å². The molecule has 1 heterocycles. The fourth-order valence-electron chi connectivity index (χ4n) is 2.95. The maximum Gasteiger partial charge on any atom is 0.326 e. The van der Waals surface area contributed by atoms with E-state index in [1.54, 1.807) is 23.9 Å². The smallest absolute Gasteiger partial charge is 0.326 e. The number of hydrogen-bond acceptors (Lipinski definition) is 5. The number of carbonyl (C=O) groups is 2. The summed E-state index contributed by atoms with van der Waals surface area (Å²) in [6, 6.07) is 16.9. The molecule has 0 radical (unpaired) electrons. The van der Waals surface area contributed by atoms with Crippen LogP contribution in [0.3, 0.4) is 0 Å². The van der Waals surface area contributed by atoms with Gasteiger partial charge in [-0.15, -0.1) is 23.2 Å². The average molecular weight is 510 g/mol. The molecule has 0 saturated heterocycles. The molecule has 0 spiro atoms. The number of imidazole rings is 1. The number of carbonyl (C=O) groups excluding carboxylic acids is 2. The molecule has 0 atom stereocenters. The van der Waals surface area contributed by atoms with Crippen molar-refractivity contribution in [2.24, 2.45) is 0 Å². The maximum absolute atomic E-state index is 12.4. The van der Waals surface area contributed by atoms with Crippen molar-refractivity contribution in [2.75, 3.05) is 17.6 Å². The van der Waals surface area contributed by atoms with Gasteiger partial charge in [0, 0.05) is 17.9 Å². The van der Waals surface area contributed by atoms with Crippen LogP contribution in [0, 0.1) is 0 Å². The van der Waals surface area contributed by atoms with Gasteiger partial charge < -0.3 is 14.6 Å². The van der Waals surface area contributed by atoms with E-state index < -0.39 is 5.60 Å². The molecule has 0 saturated carbocycles. The number of para-hydroxylation sites is 2. The number of thioether (sulfide) groups is 1. The largest absolute Gasteiger partial charge is 0.459 e. The second-order valence-corrected chi connectivity index (χ2v) is 9.85. The van der Waals surface area contributed by atoms with Crippen LogP contribution in [-0.2, 0) is 16.1 Å². The Morgan fingerprint density at radius 2 is 1.70 bits per heavy atom. The molecule has 3 rings (SSSR count). The molecule has 1 aromatic heterocycles. The Morgan fingerprint density at radius 3 is 2.36 bits per heavy atom. The Bertz CT molecular complexity index is 1040. The number of ether oxygens (including phenoxy) is 1. The van der Waals surface area contributed by atoms with Crippen molar-refractivity contribution in [2.45, 2.75) is 44.5 Å². The van der Waals surface area contributed by atoms with Crippen LogP contribution in [0.5, 0.6) is 0 Å². The van der Waals surface area contributed by atoms with Gasteiger partial charge in [-0.3, -0.25) is 9.59 Å². The minimum atomic E-state index is -0.530. The summed E-state index contributed by atoms with van der Waals surface area (Å²) in [7, 11) is 0. The molecule has 0 bridgehead atoms. The van der Waals surface area contributed by atoms with Gasteiger partial charge >= 0.3 is 5.97 Å². The third kappa shape index (κ3) is 9.27. The van der Waals surface area contributed by atoms with E-state index in [0.717, 1.165) is 28.4 Å². The SMILES string of the molecule is CC(C)(C)OC(=O)Cn1c(SCCCNC(=O)c2ccccc2)nc2ccccc21.ClCCl. The predicted molar refractivity (Wildman–Crippen MR) is 136 cm³/mol. The van der Waals surface area contributed by atoms with Gasteiger partial charge in [0.05, 0.1) is 16.4 Å². The van der Waals surface area contributed by atoms with Crippen LogP contribution >= 0.6 is 35.0 Å². The van der Waals surface area contributed by atoms with Gasteiger partial charge in [-0.1, -0.05) is 42.1 Å². The lowest BCUT2D eigenvalue weighted by atomic mass is 10.2. The zero-order chi connectivity index (χ0) is 24.3. The number of hydrogen-bond donors (Lipinski definition) is 1. The normalized spacial score (nSPS) is 10.9. The van der Waals surface area contributed by atoms with Crippen molar-refractivity contribution in [1.82, 2.24) is 14.9 Å². The molecule has 0 aliphatic rings. The van der Waals surface area contributed by atoms with Gasteiger partial charge in [-0.25, -0.2) is 4.98 Å². The molecule has 9 heteroatoms.